The van der Waals surface area contributed by atoms with E-state index in [0.29, 0.717) is 23.7 Å². The van der Waals surface area contributed by atoms with Crippen LogP contribution in [0.4, 0.5) is 5.69 Å². The lowest BCUT2D eigenvalue weighted by molar-refractivity contribution is -0.117. The van der Waals surface area contributed by atoms with Crippen LogP contribution in [-0.4, -0.2) is 19.6 Å². The summed E-state index contributed by atoms with van der Waals surface area (Å²) in [7, 11) is 1.56. The van der Waals surface area contributed by atoms with Crippen molar-refractivity contribution < 1.29 is 9.53 Å². The smallest absolute Gasteiger partial charge is 0.226 e. The number of halogens is 2. The quantitative estimate of drug-likeness (QED) is 0.857. The summed E-state index contributed by atoms with van der Waals surface area (Å²) in [5.41, 5.74) is 0.643. The molecule has 5 heteroatoms. The number of ether oxygens (including phenoxy) is 1. The third-order valence-electron chi connectivity index (χ3n) is 1.74. The molecule has 3 nitrogen and oxygen atoms in total. The number of hydrogen-bond donors (Lipinski definition) is 1. The molecule has 0 bridgehead atoms. The Balaban J connectivity index is 2.63. The highest BCUT2D eigenvalue weighted by Crippen LogP contribution is 2.23. The van der Waals surface area contributed by atoms with Crippen LogP contribution in [0.5, 0.6) is 0 Å². The second kappa shape index (κ2) is 6.30. The van der Waals surface area contributed by atoms with E-state index in [1.807, 2.05) is 12.1 Å². The van der Waals surface area contributed by atoms with Crippen molar-refractivity contribution in [1.29, 1.82) is 0 Å². The summed E-state index contributed by atoms with van der Waals surface area (Å²) >= 11 is 8.09. The minimum Gasteiger partial charge on any atom is -0.384 e. The minimum absolute atomic E-state index is 0.0965. The first-order valence-corrected chi connectivity index (χ1v) is 5.83. The van der Waals surface area contributed by atoms with Gasteiger partial charge in [-0.3, -0.25) is 4.79 Å². The molecule has 0 aromatic heterocycles. The van der Waals surface area contributed by atoms with Gasteiger partial charge in [0.25, 0.3) is 0 Å². The maximum atomic E-state index is 11.4. The lowest BCUT2D eigenvalue weighted by atomic mass is 10.3. The maximum Gasteiger partial charge on any atom is 0.226 e. The number of methoxy groups -OCH3 is 1. The molecule has 0 radical (unpaired) electrons. The van der Waals surface area contributed by atoms with Crippen LogP contribution in [0.25, 0.3) is 0 Å². The van der Waals surface area contributed by atoms with Gasteiger partial charge in [-0.25, -0.2) is 0 Å². The van der Waals surface area contributed by atoms with Crippen molar-refractivity contribution in [3.8, 4) is 0 Å². The fourth-order valence-electron chi connectivity index (χ4n) is 1.00. The molecule has 0 fully saturated rings. The Morgan fingerprint density at radius 2 is 2.33 bits per heavy atom. The second-order valence-corrected chi connectivity index (χ2v) is 4.57. The SMILES string of the molecule is COCCC(=O)Nc1cc(I)ccc1Cl. The van der Waals surface area contributed by atoms with Gasteiger partial charge in [-0.05, 0) is 40.8 Å². The van der Waals surface area contributed by atoms with E-state index in [0.717, 1.165) is 3.57 Å². The molecule has 0 saturated heterocycles. The molecule has 1 amide bonds. The average molecular weight is 340 g/mol. The van der Waals surface area contributed by atoms with Crippen molar-refractivity contribution in [2.24, 2.45) is 0 Å². The molecule has 0 saturated carbocycles. The van der Waals surface area contributed by atoms with Crippen molar-refractivity contribution in [3.05, 3.63) is 26.8 Å². The lowest BCUT2D eigenvalue weighted by Crippen LogP contribution is -2.13. The monoisotopic (exact) mass is 339 g/mol. The van der Waals surface area contributed by atoms with Gasteiger partial charge in [0.1, 0.15) is 0 Å². The summed E-state index contributed by atoms with van der Waals surface area (Å²) in [4.78, 5) is 11.4. The van der Waals surface area contributed by atoms with Crippen LogP contribution >= 0.6 is 34.2 Å². The Hall–Kier alpha value is -0.330. The molecule has 0 aliphatic rings. The summed E-state index contributed by atoms with van der Waals surface area (Å²) in [5.74, 6) is -0.0965. The fourth-order valence-corrected chi connectivity index (χ4v) is 1.66. The van der Waals surface area contributed by atoms with Crippen molar-refractivity contribution in [2.75, 3.05) is 19.0 Å². The predicted octanol–water partition coefficient (Wildman–Crippen LogP) is 2.92. The van der Waals surface area contributed by atoms with Crippen LogP contribution in [0.15, 0.2) is 18.2 Å². The van der Waals surface area contributed by atoms with E-state index in [9.17, 15) is 4.79 Å². The van der Waals surface area contributed by atoms with Gasteiger partial charge in [0.2, 0.25) is 5.91 Å². The number of hydrogen-bond acceptors (Lipinski definition) is 2. The zero-order valence-corrected chi connectivity index (χ0v) is 11.1. The summed E-state index contributed by atoms with van der Waals surface area (Å²) in [6.07, 6.45) is 0.332. The van der Waals surface area contributed by atoms with Gasteiger partial charge in [0.05, 0.1) is 23.7 Å². The standard InChI is InChI=1S/C10H11ClINO2/c1-15-5-4-10(14)13-9-6-7(12)2-3-8(9)11/h2-3,6H,4-5H2,1H3,(H,13,14). The molecule has 1 rings (SSSR count). The van der Waals surface area contributed by atoms with E-state index >= 15 is 0 Å². The molecule has 1 aromatic rings. The van der Waals surface area contributed by atoms with E-state index < -0.39 is 0 Å². The summed E-state index contributed by atoms with van der Waals surface area (Å²) in [6, 6.07) is 5.47. The number of amides is 1. The first-order valence-electron chi connectivity index (χ1n) is 4.37. The molecule has 0 heterocycles. The number of anilines is 1. The van der Waals surface area contributed by atoms with E-state index in [1.165, 1.54) is 0 Å². The summed E-state index contributed by atoms with van der Waals surface area (Å²) < 4.78 is 5.84. The maximum absolute atomic E-state index is 11.4. The van der Waals surface area contributed by atoms with Crippen LogP contribution in [0.2, 0.25) is 5.02 Å². The van der Waals surface area contributed by atoms with E-state index in [4.69, 9.17) is 16.3 Å². The van der Waals surface area contributed by atoms with Crippen LogP contribution in [0, 0.1) is 3.57 Å². The molecule has 0 spiro atoms. The Morgan fingerprint density at radius 3 is 3.00 bits per heavy atom. The highest BCUT2D eigenvalue weighted by Gasteiger charge is 2.05. The van der Waals surface area contributed by atoms with E-state index in [2.05, 4.69) is 27.9 Å². The average Bonchev–Trinajstić information content (AvgIpc) is 2.20. The van der Waals surface area contributed by atoms with Crippen molar-refractivity contribution in [3.63, 3.8) is 0 Å². The molecular weight excluding hydrogens is 328 g/mol. The zero-order chi connectivity index (χ0) is 11.3. The van der Waals surface area contributed by atoms with Gasteiger partial charge >= 0.3 is 0 Å². The Bertz CT molecular complexity index is 357. The third-order valence-corrected chi connectivity index (χ3v) is 2.74. The molecule has 1 N–H and O–H groups in total. The van der Waals surface area contributed by atoms with Crippen LogP contribution in [0.1, 0.15) is 6.42 Å². The number of nitrogens with one attached hydrogen (secondary N) is 1. The second-order valence-electron chi connectivity index (χ2n) is 2.92. The first-order chi connectivity index (χ1) is 7.13. The zero-order valence-electron chi connectivity index (χ0n) is 8.22. The highest BCUT2D eigenvalue weighted by molar-refractivity contribution is 14.1. The molecular formula is C10H11ClINO2. The lowest BCUT2D eigenvalue weighted by Gasteiger charge is -2.07. The van der Waals surface area contributed by atoms with Gasteiger partial charge in [-0.1, -0.05) is 11.6 Å². The third kappa shape index (κ3) is 4.36. The minimum atomic E-state index is -0.0965. The van der Waals surface area contributed by atoms with E-state index in [1.54, 1.807) is 13.2 Å². The van der Waals surface area contributed by atoms with Crippen molar-refractivity contribution >= 4 is 45.8 Å². The molecule has 1 aromatic carbocycles. The molecule has 0 unspecified atom stereocenters. The van der Waals surface area contributed by atoms with E-state index in [-0.39, 0.29) is 5.91 Å². The fraction of sp³-hybridized carbons (Fsp3) is 0.300. The Morgan fingerprint density at radius 1 is 1.60 bits per heavy atom. The van der Waals surface area contributed by atoms with Gasteiger partial charge in [-0.15, -0.1) is 0 Å². The number of benzene rings is 1. The molecule has 0 aliphatic carbocycles. The first kappa shape index (κ1) is 12.7. The number of rotatable bonds is 4. The molecule has 0 atom stereocenters. The highest BCUT2D eigenvalue weighted by atomic mass is 127. The summed E-state index contributed by atoms with van der Waals surface area (Å²) in [5, 5.41) is 3.27. The van der Waals surface area contributed by atoms with Gasteiger partial charge in [0.15, 0.2) is 0 Å². The van der Waals surface area contributed by atoms with Crippen molar-refractivity contribution in [2.45, 2.75) is 6.42 Å². The largest absolute Gasteiger partial charge is 0.384 e. The molecule has 0 aliphatic heterocycles. The predicted molar refractivity (Wildman–Crippen MR) is 69.3 cm³/mol. The van der Waals surface area contributed by atoms with Crippen LogP contribution < -0.4 is 5.32 Å². The number of carbonyl (C=O) groups excluding carboxylic acids is 1. The Kier molecular flexibility index (Phi) is 5.35. The molecule has 15 heavy (non-hydrogen) atoms. The summed E-state index contributed by atoms with van der Waals surface area (Å²) in [6.45, 7) is 0.410. The van der Waals surface area contributed by atoms with Gasteiger partial charge in [0, 0.05) is 10.7 Å². The van der Waals surface area contributed by atoms with Gasteiger partial charge < -0.3 is 10.1 Å². The Labute approximate surface area is 107 Å². The van der Waals surface area contributed by atoms with Crippen LogP contribution in [0.3, 0.4) is 0 Å². The van der Waals surface area contributed by atoms with Crippen molar-refractivity contribution in [1.82, 2.24) is 0 Å². The normalized spacial score (nSPS) is 10.1. The van der Waals surface area contributed by atoms with Gasteiger partial charge in [-0.2, -0.15) is 0 Å². The number of carbonyl (C=O) groups is 1. The van der Waals surface area contributed by atoms with Crippen LogP contribution in [-0.2, 0) is 9.53 Å². The molecule has 82 valence electrons. The topological polar surface area (TPSA) is 38.3 Å².